The number of carbonyl (C=O) groups excluding carboxylic acids is 1. The summed E-state index contributed by atoms with van der Waals surface area (Å²) in [5, 5.41) is 13.5. The van der Waals surface area contributed by atoms with Crippen LogP contribution in [-0.4, -0.2) is 30.1 Å². The number of benzene rings is 2. The Balaban J connectivity index is 0.00000338. The predicted molar refractivity (Wildman–Crippen MR) is 107 cm³/mol. The molecule has 26 heavy (non-hydrogen) atoms. The normalized spacial score (nSPS) is 12.8. The number of aliphatic hydroxyl groups excluding tert-OH is 1. The van der Waals surface area contributed by atoms with Crippen LogP contribution in [-0.2, 0) is 0 Å². The average molecular weight is 378 g/mol. The zero-order valence-corrected chi connectivity index (χ0v) is 16.4. The Morgan fingerprint density at radius 1 is 1.12 bits per heavy atom. The average Bonchev–Trinajstić information content (AvgIpc) is 2.62. The summed E-state index contributed by atoms with van der Waals surface area (Å²) in [4.78, 5) is 11.2. The lowest BCUT2D eigenvalue weighted by Gasteiger charge is -2.20. The Bertz CT molecular complexity index is 671. The molecule has 0 aliphatic rings. The number of aryl methyl sites for hydroxylation is 1. The highest BCUT2D eigenvalue weighted by molar-refractivity contribution is 5.94. The van der Waals surface area contributed by atoms with Crippen LogP contribution in [0.1, 0.15) is 47.8 Å². The van der Waals surface area contributed by atoms with E-state index in [1.807, 2.05) is 0 Å². The van der Waals surface area contributed by atoms with Crippen molar-refractivity contribution in [1.82, 2.24) is 5.32 Å². The fourth-order valence-electron chi connectivity index (χ4n) is 2.61. The Hall–Kier alpha value is -1.88. The summed E-state index contributed by atoms with van der Waals surface area (Å²) >= 11 is 0. The van der Waals surface area contributed by atoms with Crippen LogP contribution in [0.3, 0.4) is 0 Å². The van der Waals surface area contributed by atoms with Gasteiger partial charge in [-0.25, -0.2) is 0 Å². The molecule has 0 spiro atoms. The molecule has 0 fully saturated rings. The lowest BCUT2D eigenvalue weighted by Crippen LogP contribution is -2.33. The third-order valence-electron chi connectivity index (χ3n) is 4.19. The van der Waals surface area contributed by atoms with Gasteiger partial charge in [-0.05, 0) is 50.1 Å². The standard InChI is InChI=1S/C21H27NO3.ClH/c1-4-21(18-7-5-15(2)6-8-18)22-13-19(24)14-25-20-11-9-17(10-12-20)16(3)23;/h5-12,19,21-22,24H,4,13-14H2,1-3H3;1H. The van der Waals surface area contributed by atoms with Gasteiger partial charge in [0.15, 0.2) is 5.78 Å². The second-order valence-corrected chi connectivity index (χ2v) is 6.33. The van der Waals surface area contributed by atoms with Crippen LogP contribution in [0.4, 0.5) is 0 Å². The first-order chi connectivity index (χ1) is 12.0. The molecular weight excluding hydrogens is 350 g/mol. The monoisotopic (exact) mass is 377 g/mol. The number of aliphatic hydroxyl groups is 1. The molecule has 2 atom stereocenters. The fraction of sp³-hybridized carbons (Fsp3) is 0.381. The van der Waals surface area contributed by atoms with Gasteiger partial charge >= 0.3 is 0 Å². The van der Waals surface area contributed by atoms with E-state index in [4.69, 9.17) is 4.74 Å². The number of halogens is 1. The molecule has 0 bridgehead atoms. The second kappa shape index (κ2) is 11.0. The number of hydrogen-bond donors (Lipinski definition) is 2. The van der Waals surface area contributed by atoms with E-state index in [1.54, 1.807) is 24.3 Å². The SMILES string of the molecule is CCC(NCC(O)COc1ccc(C(C)=O)cc1)c1ccc(C)cc1.Cl. The molecule has 0 amide bonds. The van der Waals surface area contributed by atoms with Gasteiger partial charge < -0.3 is 15.2 Å². The van der Waals surface area contributed by atoms with E-state index < -0.39 is 6.10 Å². The number of carbonyl (C=O) groups is 1. The number of hydrogen-bond acceptors (Lipinski definition) is 4. The number of rotatable bonds is 9. The molecule has 5 heteroatoms. The minimum atomic E-state index is -0.605. The minimum absolute atomic E-state index is 0. The molecule has 2 rings (SSSR count). The van der Waals surface area contributed by atoms with Crippen LogP contribution >= 0.6 is 12.4 Å². The molecular formula is C21H28ClNO3. The summed E-state index contributed by atoms with van der Waals surface area (Å²) in [5.74, 6) is 0.673. The molecule has 2 aromatic rings. The van der Waals surface area contributed by atoms with Crippen LogP contribution in [0.15, 0.2) is 48.5 Å². The Kier molecular flexibility index (Phi) is 9.35. The van der Waals surface area contributed by atoms with Crippen molar-refractivity contribution in [3.63, 3.8) is 0 Å². The van der Waals surface area contributed by atoms with Crippen molar-refractivity contribution < 1.29 is 14.6 Å². The highest BCUT2D eigenvalue weighted by Gasteiger charge is 2.12. The van der Waals surface area contributed by atoms with E-state index >= 15 is 0 Å². The molecule has 0 aliphatic heterocycles. The van der Waals surface area contributed by atoms with Crippen LogP contribution < -0.4 is 10.1 Å². The molecule has 0 aliphatic carbocycles. The van der Waals surface area contributed by atoms with Crippen LogP contribution in [0.25, 0.3) is 0 Å². The smallest absolute Gasteiger partial charge is 0.159 e. The summed E-state index contributed by atoms with van der Waals surface area (Å²) < 4.78 is 5.59. The molecule has 2 unspecified atom stereocenters. The van der Waals surface area contributed by atoms with Crippen molar-refractivity contribution in [3.8, 4) is 5.75 Å². The van der Waals surface area contributed by atoms with Gasteiger partial charge in [0.2, 0.25) is 0 Å². The molecule has 0 saturated carbocycles. The third kappa shape index (κ3) is 6.79. The Morgan fingerprint density at radius 2 is 1.73 bits per heavy atom. The maximum absolute atomic E-state index is 11.2. The Labute approximate surface area is 162 Å². The minimum Gasteiger partial charge on any atom is -0.491 e. The van der Waals surface area contributed by atoms with Gasteiger partial charge in [0, 0.05) is 18.2 Å². The summed E-state index contributed by atoms with van der Waals surface area (Å²) in [6, 6.07) is 15.6. The van der Waals surface area contributed by atoms with Crippen LogP contribution in [0.2, 0.25) is 0 Å². The van der Waals surface area contributed by atoms with Gasteiger partial charge in [-0.2, -0.15) is 0 Å². The maximum Gasteiger partial charge on any atom is 0.159 e. The highest BCUT2D eigenvalue weighted by Crippen LogP contribution is 2.17. The van der Waals surface area contributed by atoms with Gasteiger partial charge in [-0.15, -0.1) is 12.4 Å². The maximum atomic E-state index is 11.2. The van der Waals surface area contributed by atoms with Crippen molar-refractivity contribution in [1.29, 1.82) is 0 Å². The van der Waals surface area contributed by atoms with E-state index in [-0.39, 0.29) is 30.8 Å². The molecule has 2 aromatic carbocycles. The second-order valence-electron chi connectivity index (χ2n) is 6.33. The van der Waals surface area contributed by atoms with E-state index in [0.717, 1.165) is 6.42 Å². The van der Waals surface area contributed by atoms with Gasteiger partial charge in [-0.3, -0.25) is 4.79 Å². The lowest BCUT2D eigenvalue weighted by molar-refractivity contribution is 0.101. The zero-order chi connectivity index (χ0) is 18.2. The Morgan fingerprint density at radius 3 is 2.27 bits per heavy atom. The number of ketones is 1. The first-order valence-electron chi connectivity index (χ1n) is 8.71. The van der Waals surface area contributed by atoms with E-state index in [9.17, 15) is 9.90 Å². The molecule has 0 radical (unpaired) electrons. The zero-order valence-electron chi connectivity index (χ0n) is 15.6. The first kappa shape index (κ1) is 22.2. The molecule has 0 saturated heterocycles. The summed E-state index contributed by atoms with van der Waals surface area (Å²) in [6.45, 7) is 6.39. The third-order valence-corrected chi connectivity index (χ3v) is 4.19. The van der Waals surface area contributed by atoms with Gasteiger partial charge in [0.25, 0.3) is 0 Å². The predicted octanol–water partition coefficient (Wildman–Crippen LogP) is 4.10. The van der Waals surface area contributed by atoms with Crippen molar-refractivity contribution in [2.24, 2.45) is 0 Å². The molecule has 142 valence electrons. The number of Topliss-reactive ketones (excluding diaryl/α,β-unsaturated/α-hetero) is 1. The first-order valence-corrected chi connectivity index (χ1v) is 8.71. The van der Waals surface area contributed by atoms with Crippen LogP contribution in [0.5, 0.6) is 5.75 Å². The van der Waals surface area contributed by atoms with Crippen LogP contribution in [0, 0.1) is 6.92 Å². The van der Waals surface area contributed by atoms with E-state index in [2.05, 4.69) is 43.4 Å². The number of ether oxygens (including phenoxy) is 1. The summed E-state index contributed by atoms with van der Waals surface area (Å²) in [6.07, 6.45) is 0.343. The van der Waals surface area contributed by atoms with E-state index in [1.165, 1.54) is 18.1 Å². The molecule has 2 N–H and O–H groups in total. The number of nitrogens with one attached hydrogen (secondary N) is 1. The van der Waals surface area contributed by atoms with Gasteiger partial charge in [0.05, 0.1) is 0 Å². The van der Waals surface area contributed by atoms with Gasteiger partial charge in [0.1, 0.15) is 18.5 Å². The van der Waals surface area contributed by atoms with Crippen molar-refractivity contribution in [2.75, 3.05) is 13.2 Å². The summed E-state index contributed by atoms with van der Waals surface area (Å²) in [7, 11) is 0. The molecule has 0 heterocycles. The van der Waals surface area contributed by atoms with E-state index in [0.29, 0.717) is 17.9 Å². The highest BCUT2D eigenvalue weighted by atomic mass is 35.5. The van der Waals surface area contributed by atoms with Crippen molar-refractivity contribution in [3.05, 3.63) is 65.2 Å². The van der Waals surface area contributed by atoms with Gasteiger partial charge in [-0.1, -0.05) is 36.8 Å². The largest absolute Gasteiger partial charge is 0.491 e. The lowest BCUT2D eigenvalue weighted by atomic mass is 10.0. The van der Waals surface area contributed by atoms with Crippen molar-refractivity contribution in [2.45, 2.75) is 39.3 Å². The topological polar surface area (TPSA) is 58.6 Å². The quantitative estimate of drug-likeness (QED) is 0.646. The van der Waals surface area contributed by atoms with Crippen molar-refractivity contribution >= 4 is 18.2 Å². The molecule has 0 aromatic heterocycles. The summed E-state index contributed by atoms with van der Waals surface area (Å²) in [5.41, 5.74) is 3.11. The molecule has 4 nitrogen and oxygen atoms in total. The fourth-order valence-corrected chi connectivity index (χ4v) is 2.61.